The van der Waals surface area contributed by atoms with Crippen molar-refractivity contribution in [2.75, 3.05) is 26.2 Å². The van der Waals surface area contributed by atoms with Gasteiger partial charge in [-0.15, -0.1) is 0 Å². The Bertz CT molecular complexity index is 338. The van der Waals surface area contributed by atoms with E-state index >= 15 is 0 Å². The SMILES string of the molecule is C[C@@H]1CCCC[C@H]1N1CCN(C(=O)CC(=O)O)CC1. The fraction of sp³-hybridized carbons (Fsp3) is 0.857. The summed E-state index contributed by atoms with van der Waals surface area (Å²) < 4.78 is 0. The Kier molecular flexibility index (Phi) is 4.80. The number of amides is 1. The van der Waals surface area contributed by atoms with Crippen molar-refractivity contribution in [3.05, 3.63) is 0 Å². The van der Waals surface area contributed by atoms with Crippen LogP contribution in [0.1, 0.15) is 39.0 Å². The summed E-state index contributed by atoms with van der Waals surface area (Å²) in [6.45, 7) is 5.46. The summed E-state index contributed by atoms with van der Waals surface area (Å²) in [4.78, 5) is 26.4. The van der Waals surface area contributed by atoms with Crippen LogP contribution in [0.4, 0.5) is 0 Å². The Hall–Kier alpha value is -1.10. The molecule has 2 atom stereocenters. The van der Waals surface area contributed by atoms with E-state index in [4.69, 9.17) is 5.11 Å². The second kappa shape index (κ2) is 6.37. The van der Waals surface area contributed by atoms with Crippen LogP contribution in [0.15, 0.2) is 0 Å². The van der Waals surface area contributed by atoms with E-state index in [0.717, 1.165) is 19.0 Å². The van der Waals surface area contributed by atoms with Crippen molar-refractivity contribution < 1.29 is 14.7 Å². The number of piperazine rings is 1. The van der Waals surface area contributed by atoms with Crippen LogP contribution in [0.5, 0.6) is 0 Å². The van der Waals surface area contributed by atoms with E-state index in [-0.39, 0.29) is 12.3 Å². The van der Waals surface area contributed by atoms with Crippen molar-refractivity contribution in [1.82, 2.24) is 9.80 Å². The highest BCUT2D eigenvalue weighted by atomic mass is 16.4. The molecule has 1 saturated carbocycles. The van der Waals surface area contributed by atoms with Crippen molar-refractivity contribution >= 4 is 11.9 Å². The van der Waals surface area contributed by atoms with Gasteiger partial charge in [0, 0.05) is 32.2 Å². The molecule has 1 heterocycles. The first-order valence-corrected chi connectivity index (χ1v) is 7.31. The third-order valence-corrected chi connectivity index (χ3v) is 4.50. The highest BCUT2D eigenvalue weighted by Crippen LogP contribution is 2.28. The van der Waals surface area contributed by atoms with Gasteiger partial charge in [-0.25, -0.2) is 0 Å². The molecule has 1 N–H and O–H groups in total. The molecule has 2 rings (SSSR count). The largest absolute Gasteiger partial charge is 0.481 e. The zero-order chi connectivity index (χ0) is 13.8. The lowest BCUT2D eigenvalue weighted by atomic mass is 9.84. The van der Waals surface area contributed by atoms with Gasteiger partial charge in [-0.2, -0.15) is 0 Å². The molecule has 1 aliphatic heterocycles. The number of carboxylic acid groups (broad SMARTS) is 1. The maximum absolute atomic E-state index is 11.7. The van der Waals surface area contributed by atoms with Crippen LogP contribution in [0, 0.1) is 5.92 Å². The molecule has 5 nitrogen and oxygen atoms in total. The molecular formula is C14H24N2O3. The second-order valence-electron chi connectivity index (χ2n) is 5.82. The first-order valence-electron chi connectivity index (χ1n) is 7.31. The maximum Gasteiger partial charge on any atom is 0.312 e. The fourth-order valence-electron chi connectivity index (χ4n) is 3.38. The molecule has 5 heteroatoms. The lowest BCUT2D eigenvalue weighted by molar-refractivity contribution is -0.145. The zero-order valence-electron chi connectivity index (χ0n) is 11.7. The van der Waals surface area contributed by atoms with Crippen LogP contribution in [-0.4, -0.2) is 59.0 Å². The Labute approximate surface area is 114 Å². The molecule has 2 fully saturated rings. The van der Waals surface area contributed by atoms with Gasteiger partial charge in [0.05, 0.1) is 0 Å². The van der Waals surface area contributed by atoms with Gasteiger partial charge in [-0.1, -0.05) is 19.8 Å². The van der Waals surface area contributed by atoms with Gasteiger partial charge < -0.3 is 10.0 Å². The second-order valence-corrected chi connectivity index (χ2v) is 5.82. The molecule has 0 aromatic carbocycles. The summed E-state index contributed by atoms with van der Waals surface area (Å²) in [6, 6.07) is 0.658. The van der Waals surface area contributed by atoms with Gasteiger partial charge in [0.25, 0.3) is 0 Å². The van der Waals surface area contributed by atoms with E-state index in [1.165, 1.54) is 25.7 Å². The summed E-state index contributed by atoms with van der Waals surface area (Å²) in [5, 5.41) is 8.65. The molecule has 1 amide bonds. The number of carboxylic acids is 1. The number of aliphatic carboxylic acids is 1. The highest BCUT2D eigenvalue weighted by Gasteiger charge is 2.30. The summed E-state index contributed by atoms with van der Waals surface area (Å²) >= 11 is 0. The first kappa shape index (κ1) is 14.3. The summed E-state index contributed by atoms with van der Waals surface area (Å²) in [7, 11) is 0. The van der Waals surface area contributed by atoms with Crippen molar-refractivity contribution in [2.45, 2.75) is 45.1 Å². The smallest absolute Gasteiger partial charge is 0.312 e. The predicted molar refractivity (Wildman–Crippen MR) is 71.8 cm³/mol. The number of rotatable bonds is 3. The van der Waals surface area contributed by atoms with Crippen LogP contribution >= 0.6 is 0 Å². The van der Waals surface area contributed by atoms with Gasteiger partial charge >= 0.3 is 5.97 Å². The van der Waals surface area contributed by atoms with E-state index in [9.17, 15) is 9.59 Å². The minimum Gasteiger partial charge on any atom is -0.481 e. The summed E-state index contributed by atoms with van der Waals surface area (Å²) in [5.41, 5.74) is 0. The molecule has 19 heavy (non-hydrogen) atoms. The Morgan fingerprint density at radius 3 is 2.32 bits per heavy atom. The van der Waals surface area contributed by atoms with Crippen molar-refractivity contribution in [1.29, 1.82) is 0 Å². The van der Waals surface area contributed by atoms with Gasteiger partial charge in [0.1, 0.15) is 6.42 Å². The molecule has 0 aromatic heterocycles. The minimum atomic E-state index is -1.03. The topological polar surface area (TPSA) is 60.9 Å². The third-order valence-electron chi connectivity index (χ3n) is 4.50. The molecule has 0 spiro atoms. The Morgan fingerprint density at radius 2 is 1.74 bits per heavy atom. The van der Waals surface area contributed by atoms with Crippen molar-refractivity contribution in [3.63, 3.8) is 0 Å². The molecule has 0 unspecified atom stereocenters. The van der Waals surface area contributed by atoms with Gasteiger partial charge in [0.2, 0.25) is 5.91 Å². The molecule has 0 radical (unpaired) electrons. The summed E-state index contributed by atoms with van der Waals surface area (Å²) in [5.74, 6) is -0.535. The van der Waals surface area contributed by atoms with Crippen LogP contribution in [0.2, 0.25) is 0 Å². The van der Waals surface area contributed by atoms with Gasteiger partial charge in [0.15, 0.2) is 0 Å². The average molecular weight is 268 g/mol. The van der Waals surface area contributed by atoms with Gasteiger partial charge in [-0.3, -0.25) is 14.5 Å². The van der Waals surface area contributed by atoms with E-state index < -0.39 is 5.97 Å². The molecule has 1 aliphatic carbocycles. The van der Waals surface area contributed by atoms with Crippen LogP contribution in [0.3, 0.4) is 0 Å². The predicted octanol–water partition coefficient (Wildman–Crippen LogP) is 1.18. The fourth-order valence-corrected chi connectivity index (χ4v) is 3.38. The first-order chi connectivity index (χ1) is 9.08. The van der Waals surface area contributed by atoms with E-state index in [0.29, 0.717) is 19.1 Å². The van der Waals surface area contributed by atoms with Crippen LogP contribution in [-0.2, 0) is 9.59 Å². The molecule has 0 bridgehead atoms. The molecular weight excluding hydrogens is 244 g/mol. The van der Waals surface area contributed by atoms with Crippen molar-refractivity contribution in [3.8, 4) is 0 Å². The summed E-state index contributed by atoms with van der Waals surface area (Å²) in [6.07, 6.45) is 4.86. The standard InChI is InChI=1S/C14H24N2O3/c1-11-4-2-3-5-12(11)15-6-8-16(9-7-15)13(17)10-14(18)19/h11-12H,2-10H2,1H3,(H,18,19)/t11-,12-/m1/s1. The number of hydrogen-bond acceptors (Lipinski definition) is 3. The maximum atomic E-state index is 11.7. The molecule has 108 valence electrons. The number of carbonyl (C=O) groups is 2. The number of carbonyl (C=O) groups excluding carboxylic acids is 1. The minimum absolute atomic E-state index is 0.246. The highest BCUT2D eigenvalue weighted by molar-refractivity contribution is 5.93. The average Bonchev–Trinajstić information content (AvgIpc) is 2.39. The van der Waals surface area contributed by atoms with Crippen LogP contribution in [0.25, 0.3) is 0 Å². The van der Waals surface area contributed by atoms with E-state index in [1.54, 1.807) is 4.90 Å². The number of hydrogen-bond donors (Lipinski definition) is 1. The van der Waals surface area contributed by atoms with Crippen LogP contribution < -0.4 is 0 Å². The molecule has 2 aliphatic rings. The monoisotopic (exact) mass is 268 g/mol. The third kappa shape index (κ3) is 3.69. The Balaban J connectivity index is 1.81. The zero-order valence-corrected chi connectivity index (χ0v) is 11.7. The van der Waals surface area contributed by atoms with E-state index in [2.05, 4.69) is 11.8 Å². The van der Waals surface area contributed by atoms with Gasteiger partial charge in [-0.05, 0) is 18.8 Å². The Morgan fingerprint density at radius 1 is 1.11 bits per heavy atom. The number of nitrogens with zero attached hydrogens (tertiary/aromatic N) is 2. The normalized spacial score (nSPS) is 29.2. The lowest BCUT2D eigenvalue weighted by Gasteiger charge is -2.43. The lowest BCUT2D eigenvalue weighted by Crippen LogP contribution is -2.54. The van der Waals surface area contributed by atoms with E-state index in [1.807, 2.05) is 0 Å². The quantitative estimate of drug-likeness (QED) is 0.781. The molecule has 1 saturated heterocycles. The van der Waals surface area contributed by atoms with Crippen molar-refractivity contribution in [2.24, 2.45) is 5.92 Å². The molecule has 0 aromatic rings.